The molecule has 1 heterocycles. The van der Waals surface area contributed by atoms with Crippen molar-refractivity contribution < 1.29 is 0 Å². The van der Waals surface area contributed by atoms with Crippen LogP contribution >= 0.6 is 0 Å². The van der Waals surface area contributed by atoms with E-state index in [0.717, 1.165) is 28.1 Å². The summed E-state index contributed by atoms with van der Waals surface area (Å²) in [4.78, 5) is 5.33. The van der Waals surface area contributed by atoms with Gasteiger partial charge in [0.1, 0.15) is 0 Å². The van der Waals surface area contributed by atoms with Crippen molar-refractivity contribution >= 4 is 0 Å². The molecule has 1 heteroatoms. The highest BCUT2D eigenvalue weighted by Gasteiger charge is 2.59. The Bertz CT molecular complexity index is 3350. The third-order valence-electron chi connectivity index (χ3n) is 13.9. The average molecular weight is 786 g/mol. The van der Waals surface area contributed by atoms with Gasteiger partial charge in [-0.15, -0.1) is 0 Å². The van der Waals surface area contributed by atoms with Crippen LogP contribution in [0, 0.1) is 0 Å². The fraction of sp³-hybridized carbons (Fsp3) is 0.0328. The lowest BCUT2D eigenvalue weighted by Gasteiger charge is -2.48. The first-order valence-electron chi connectivity index (χ1n) is 21.6. The molecule has 0 saturated carbocycles. The molecule has 10 aromatic rings. The Balaban J connectivity index is 1.06. The van der Waals surface area contributed by atoms with Gasteiger partial charge in [-0.1, -0.05) is 218 Å². The molecule has 62 heavy (non-hydrogen) atoms. The number of aromatic nitrogens is 1. The van der Waals surface area contributed by atoms with E-state index < -0.39 is 10.8 Å². The largest absolute Gasteiger partial charge is 0.248 e. The summed E-state index contributed by atoms with van der Waals surface area (Å²) in [6.07, 6.45) is 0. The van der Waals surface area contributed by atoms with Crippen molar-refractivity contribution in [3.63, 3.8) is 0 Å². The molecule has 1 spiro atoms. The maximum Gasteiger partial charge on any atom is 0.0720 e. The Labute approximate surface area is 362 Å². The highest BCUT2D eigenvalue weighted by molar-refractivity contribution is 6.00. The smallest absolute Gasteiger partial charge is 0.0720 e. The van der Waals surface area contributed by atoms with Crippen molar-refractivity contribution in [2.45, 2.75) is 10.8 Å². The Morgan fingerprint density at radius 1 is 0.258 bits per heavy atom. The number of fused-ring (bicyclic) bond motifs is 12. The zero-order valence-electron chi connectivity index (χ0n) is 34.0. The molecule has 13 rings (SSSR count). The molecule has 0 radical (unpaired) electrons. The third kappa shape index (κ3) is 4.65. The molecule has 3 aliphatic rings. The van der Waals surface area contributed by atoms with Gasteiger partial charge < -0.3 is 0 Å². The van der Waals surface area contributed by atoms with Crippen molar-refractivity contribution in [1.29, 1.82) is 0 Å². The average Bonchev–Trinajstić information content (AvgIpc) is 3.83. The molecule has 0 saturated heterocycles. The summed E-state index contributed by atoms with van der Waals surface area (Å²) in [5.41, 5.74) is 23.8. The maximum absolute atomic E-state index is 5.33. The molecule has 2 unspecified atom stereocenters. The van der Waals surface area contributed by atoms with Crippen LogP contribution in [-0.2, 0) is 10.8 Å². The summed E-state index contributed by atoms with van der Waals surface area (Å²) in [7, 11) is 0. The summed E-state index contributed by atoms with van der Waals surface area (Å²) in [6.45, 7) is 0. The molecule has 288 valence electrons. The van der Waals surface area contributed by atoms with Crippen LogP contribution in [0.1, 0.15) is 44.5 Å². The van der Waals surface area contributed by atoms with Crippen LogP contribution in [0.25, 0.3) is 67.0 Å². The Kier molecular flexibility index (Phi) is 7.50. The molecular weight excluding hydrogens is 747 g/mol. The van der Waals surface area contributed by atoms with E-state index >= 15 is 0 Å². The minimum absolute atomic E-state index is 0.463. The second kappa shape index (κ2) is 13.3. The minimum atomic E-state index is -0.544. The maximum atomic E-state index is 5.33. The summed E-state index contributed by atoms with van der Waals surface area (Å²) in [5, 5.41) is 0. The Morgan fingerprint density at radius 2 is 0.726 bits per heavy atom. The van der Waals surface area contributed by atoms with Gasteiger partial charge in [-0.2, -0.15) is 0 Å². The molecule has 1 aromatic heterocycles. The SMILES string of the molecule is c1ccc(-c2cc(-c3ccccc3)nc(-c3cccc(-c4cccc5c4-c4ccccc4C54c5ccccc5C5(c6ccccc6)c6ccccc6-c6cccc4c65)c3)c2)cc1. The summed E-state index contributed by atoms with van der Waals surface area (Å²) >= 11 is 0. The fourth-order valence-corrected chi connectivity index (χ4v) is 11.6. The van der Waals surface area contributed by atoms with Gasteiger partial charge in [0.2, 0.25) is 0 Å². The van der Waals surface area contributed by atoms with Gasteiger partial charge in [0.05, 0.1) is 22.2 Å². The van der Waals surface area contributed by atoms with Crippen LogP contribution in [0.15, 0.2) is 237 Å². The van der Waals surface area contributed by atoms with Crippen LogP contribution in [-0.4, -0.2) is 4.98 Å². The van der Waals surface area contributed by atoms with Crippen LogP contribution in [0.3, 0.4) is 0 Å². The van der Waals surface area contributed by atoms with Gasteiger partial charge in [0.25, 0.3) is 0 Å². The molecule has 0 fully saturated rings. The first kappa shape index (κ1) is 34.9. The number of rotatable bonds is 5. The second-order valence-electron chi connectivity index (χ2n) is 16.9. The minimum Gasteiger partial charge on any atom is -0.248 e. The monoisotopic (exact) mass is 785 g/mol. The van der Waals surface area contributed by atoms with E-state index in [1.807, 2.05) is 0 Å². The number of benzene rings is 9. The van der Waals surface area contributed by atoms with E-state index in [4.69, 9.17) is 4.98 Å². The first-order chi connectivity index (χ1) is 30.8. The van der Waals surface area contributed by atoms with Gasteiger partial charge in [-0.05, 0) is 107 Å². The molecule has 1 nitrogen and oxygen atoms in total. The molecule has 0 bridgehead atoms. The number of hydrogen-bond donors (Lipinski definition) is 0. The van der Waals surface area contributed by atoms with E-state index in [9.17, 15) is 0 Å². The lowest BCUT2D eigenvalue weighted by Crippen LogP contribution is -2.43. The van der Waals surface area contributed by atoms with Crippen molar-refractivity contribution in [2.75, 3.05) is 0 Å². The number of nitrogens with zero attached hydrogens (tertiary/aromatic N) is 1. The van der Waals surface area contributed by atoms with Gasteiger partial charge in [0, 0.05) is 11.1 Å². The van der Waals surface area contributed by atoms with E-state index in [2.05, 4.69) is 237 Å². The fourth-order valence-electron chi connectivity index (χ4n) is 11.6. The van der Waals surface area contributed by atoms with Crippen molar-refractivity contribution in [2.24, 2.45) is 0 Å². The highest BCUT2D eigenvalue weighted by Crippen LogP contribution is 2.69. The van der Waals surface area contributed by atoms with E-state index in [0.29, 0.717) is 0 Å². The lowest BCUT2D eigenvalue weighted by molar-refractivity contribution is 0.636. The van der Waals surface area contributed by atoms with Gasteiger partial charge in [-0.25, -0.2) is 4.98 Å². The molecule has 9 aromatic carbocycles. The molecule has 2 atom stereocenters. The third-order valence-corrected chi connectivity index (χ3v) is 13.9. The zero-order valence-corrected chi connectivity index (χ0v) is 34.0. The number of pyridine rings is 1. The molecule has 0 aliphatic heterocycles. The number of hydrogen-bond acceptors (Lipinski definition) is 1. The predicted octanol–water partition coefficient (Wildman–Crippen LogP) is 14.8. The first-order valence-corrected chi connectivity index (χ1v) is 21.6. The van der Waals surface area contributed by atoms with Crippen LogP contribution in [0.2, 0.25) is 0 Å². The van der Waals surface area contributed by atoms with Crippen molar-refractivity contribution in [3.8, 4) is 67.0 Å². The molecular formula is C61H39N. The van der Waals surface area contributed by atoms with Gasteiger partial charge >= 0.3 is 0 Å². The van der Waals surface area contributed by atoms with Crippen LogP contribution < -0.4 is 0 Å². The van der Waals surface area contributed by atoms with E-state index in [1.54, 1.807) is 0 Å². The quantitative estimate of drug-likeness (QED) is 0.169. The van der Waals surface area contributed by atoms with Crippen LogP contribution in [0.4, 0.5) is 0 Å². The molecule has 0 amide bonds. The van der Waals surface area contributed by atoms with E-state index in [-0.39, 0.29) is 0 Å². The topological polar surface area (TPSA) is 12.9 Å². The Hall–Kier alpha value is -7.87. The Morgan fingerprint density at radius 3 is 1.45 bits per heavy atom. The summed E-state index contributed by atoms with van der Waals surface area (Å²) < 4.78 is 0. The predicted molar refractivity (Wildman–Crippen MR) is 254 cm³/mol. The van der Waals surface area contributed by atoms with Crippen LogP contribution in [0.5, 0.6) is 0 Å². The van der Waals surface area contributed by atoms with E-state index in [1.165, 1.54) is 83.5 Å². The van der Waals surface area contributed by atoms with Crippen molar-refractivity contribution in [3.05, 3.63) is 281 Å². The normalized spacial score (nSPS) is 17.2. The molecule has 3 aliphatic carbocycles. The second-order valence-corrected chi connectivity index (χ2v) is 16.9. The zero-order chi connectivity index (χ0) is 40.8. The van der Waals surface area contributed by atoms with Gasteiger partial charge in [-0.3, -0.25) is 0 Å². The lowest BCUT2D eigenvalue weighted by atomic mass is 9.52. The highest BCUT2D eigenvalue weighted by atomic mass is 14.7. The van der Waals surface area contributed by atoms with Gasteiger partial charge in [0.15, 0.2) is 0 Å². The van der Waals surface area contributed by atoms with Crippen molar-refractivity contribution in [1.82, 2.24) is 4.98 Å². The summed E-state index contributed by atoms with van der Waals surface area (Å²) in [6, 6.07) is 87.7. The summed E-state index contributed by atoms with van der Waals surface area (Å²) in [5.74, 6) is 0. The standard InChI is InChI=1S/C61H39N/c1-4-19-40(20-5-1)44-38-56(41-21-6-2-7-22-41)62-57(39-44)43-24-16-23-42(37-43)46-29-17-35-54-58(46)49-28-11-13-32-51(49)61(54)53-34-15-14-33-52(53)60(45-25-8-3-9-26-45)50-31-12-10-27-47(50)48-30-18-36-55(61)59(48)60/h1-39H. The molecule has 0 N–H and O–H groups in total.